The second kappa shape index (κ2) is 6.09. The van der Waals surface area contributed by atoms with Crippen molar-refractivity contribution in [2.45, 2.75) is 26.3 Å². The predicted molar refractivity (Wildman–Crippen MR) is 95.0 cm³/mol. The number of aromatic amines is 1. The van der Waals surface area contributed by atoms with Crippen molar-refractivity contribution in [1.29, 1.82) is 0 Å². The lowest BCUT2D eigenvalue weighted by atomic mass is 9.93. The van der Waals surface area contributed by atoms with E-state index in [9.17, 15) is 13.6 Å². The summed E-state index contributed by atoms with van der Waals surface area (Å²) in [7, 11) is 0. The van der Waals surface area contributed by atoms with E-state index < -0.39 is 17.7 Å². The van der Waals surface area contributed by atoms with Crippen LogP contribution in [0.3, 0.4) is 0 Å². The van der Waals surface area contributed by atoms with Crippen molar-refractivity contribution < 1.29 is 13.6 Å². The zero-order valence-corrected chi connectivity index (χ0v) is 14.4. The number of H-pyrrole nitrogens is 1. The van der Waals surface area contributed by atoms with E-state index in [1.54, 1.807) is 18.0 Å². The van der Waals surface area contributed by atoms with Crippen molar-refractivity contribution in [1.82, 2.24) is 15.1 Å². The van der Waals surface area contributed by atoms with E-state index in [0.717, 1.165) is 22.5 Å². The Hall–Kier alpha value is -2.96. The molecule has 0 saturated carbocycles. The van der Waals surface area contributed by atoms with Crippen LogP contribution in [0.5, 0.6) is 0 Å². The lowest BCUT2D eigenvalue weighted by molar-refractivity contribution is 0.187. The number of aryl methyl sites for hydroxylation is 1. The molecular formula is C19H18F2N4O. The van der Waals surface area contributed by atoms with Crippen LogP contribution in [0.4, 0.5) is 19.3 Å². The fraction of sp³-hybridized carbons (Fsp3) is 0.263. The summed E-state index contributed by atoms with van der Waals surface area (Å²) in [5, 5.41) is 10.8. The number of carbonyl (C=O) groups is 1. The highest BCUT2D eigenvalue weighted by molar-refractivity contribution is 5.93. The molecule has 3 aromatic rings. The van der Waals surface area contributed by atoms with Crippen LogP contribution in [0.1, 0.15) is 29.7 Å². The van der Waals surface area contributed by atoms with Gasteiger partial charge in [0.25, 0.3) is 0 Å². The molecule has 26 heavy (non-hydrogen) atoms. The van der Waals surface area contributed by atoms with Crippen LogP contribution >= 0.6 is 0 Å². The number of carbonyl (C=O) groups excluding carboxylic acids is 1. The first-order valence-corrected chi connectivity index (χ1v) is 8.43. The number of aromatic nitrogens is 2. The molecule has 0 fully saturated rings. The number of hydrogen-bond donors (Lipinski definition) is 2. The molecule has 0 aliphatic carbocycles. The fourth-order valence-electron chi connectivity index (χ4n) is 3.63. The van der Waals surface area contributed by atoms with Gasteiger partial charge in [-0.15, -0.1) is 0 Å². The molecule has 0 spiro atoms. The van der Waals surface area contributed by atoms with Crippen molar-refractivity contribution in [2.24, 2.45) is 0 Å². The first-order chi connectivity index (χ1) is 12.4. The Balaban J connectivity index is 1.60. The van der Waals surface area contributed by atoms with Crippen LogP contribution < -0.4 is 5.32 Å². The van der Waals surface area contributed by atoms with E-state index in [0.29, 0.717) is 29.8 Å². The minimum absolute atomic E-state index is 0.300. The van der Waals surface area contributed by atoms with Gasteiger partial charge in [0, 0.05) is 23.7 Å². The van der Waals surface area contributed by atoms with Gasteiger partial charge >= 0.3 is 6.03 Å². The van der Waals surface area contributed by atoms with Gasteiger partial charge in [-0.25, -0.2) is 13.6 Å². The zero-order chi connectivity index (χ0) is 18.4. The summed E-state index contributed by atoms with van der Waals surface area (Å²) >= 11 is 0. The average Bonchev–Trinajstić information content (AvgIpc) is 3.04. The monoisotopic (exact) mass is 356 g/mol. The van der Waals surface area contributed by atoms with Crippen LogP contribution in [0.15, 0.2) is 30.5 Å². The normalized spacial score (nSPS) is 16.6. The van der Waals surface area contributed by atoms with E-state index in [1.165, 1.54) is 6.07 Å². The summed E-state index contributed by atoms with van der Waals surface area (Å²) in [4.78, 5) is 14.3. The number of nitrogens with zero attached hydrogens (tertiary/aromatic N) is 2. The average molecular weight is 356 g/mol. The standard InChI is InChI=1S/C19H18F2N4O/c1-10-5-13(8-18-16(10)9-22-24-18)23-19(26)25-4-3-14-15(11(25)2)6-12(20)7-17(14)21/h5-9,11H,3-4H2,1-2H3,(H,22,24)(H,23,26). The molecule has 1 unspecified atom stereocenters. The van der Waals surface area contributed by atoms with Crippen molar-refractivity contribution in [3.63, 3.8) is 0 Å². The SMILES string of the molecule is Cc1cc(NC(=O)N2CCc3c(F)cc(F)cc3C2C)cc2[nH]ncc12. The molecule has 7 heteroatoms. The first kappa shape index (κ1) is 16.5. The van der Waals surface area contributed by atoms with Gasteiger partial charge in [0.1, 0.15) is 11.6 Å². The molecule has 2 heterocycles. The van der Waals surface area contributed by atoms with Gasteiger partial charge in [0.2, 0.25) is 0 Å². The largest absolute Gasteiger partial charge is 0.322 e. The van der Waals surface area contributed by atoms with Crippen molar-refractivity contribution in [2.75, 3.05) is 11.9 Å². The third-order valence-corrected chi connectivity index (χ3v) is 4.99. The molecule has 0 radical (unpaired) electrons. The molecule has 1 aliphatic heterocycles. The van der Waals surface area contributed by atoms with E-state index in [-0.39, 0.29) is 6.03 Å². The van der Waals surface area contributed by atoms with Crippen molar-refractivity contribution in [3.05, 3.63) is 58.8 Å². The topological polar surface area (TPSA) is 61.0 Å². The second-order valence-corrected chi connectivity index (χ2v) is 6.63. The van der Waals surface area contributed by atoms with Gasteiger partial charge in [-0.3, -0.25) is 5.10 Å². The number of hydrogen-bond acceptors (Lipinski definition) is 2. The molecule has 4 rings (SSSR count). The lowest BCUT2D eigenvalue weighted by Gasteiger charge is -2.35. The second-order valence-electron chi connectivity index (χ2n) is 6.63. The summed E-state index contributed by atoms with van der Waals surface area (Å²) in [5.41, 5.74) is 3.48. The third kappa shape index (κ3) is 2.69. The number of urea groups is 1. The van der Waals surface area contributed by atoms with Gasteiger partial charge in [-0.05, 0) is 55.2 Å². The Bertz CT molecular complexity index is 1010. The van der Waals surface area contributed by atoms with E-state index in [4.69, 9.17) is 0 Å². The van der Waals surface area contributed by atoms with Crippen LogP contribution in [-0.2, 0) is 6.42 Å². The fourth-order valence-corrected chi connectivity index (χ4v) is 3.63. The van der Waals surface area contributed by atoms with Crippen molar-refractivity contribution >= 4 is 22.6 Å². The molecule has 1 aromatic heterocycles. The number of anilines is 1. The third-order valence-electron chi connectivity index (χ3n) is 4.99. The van der Waals surface area contributed by atoms with E-state index in [1.807, 2.05) is 19.1 Å². The maximum Gasteiger partial charge on any atom is 0.322 e. The number of amides is 2. The Kier molecular flexibility index (Phi) is 3.86. The van der Waals surface area contributed by atoms with Gasteiger partial charge in [-0.2, -0.15) is 5.10 Å². The van der Waals surface area contributed by atoms with E-state index in [2.05, 4.69) is 15.5 Å². The molecule has 1 atom stereocenters. The quantitative estimate of drug-likeness (QED) is 0.683. The highest BCUT2D eigenvalue weighted by Gasteiger charge is 2.30. The highest BCUT2D eigenvalue weighted by atomic mass is 19.1. The smallest absolute Gasteiger partial charge is 0.317 e. The predicted octanol–water partition coefficient (Wildman–Crippen LogP) is 4.30. The summed E-state index contributed by atoms with van der Waals surface area (Å²) in [6, 6.07) is 5.17. The minimum Gasteiger partial charge on any atom is -0.317 e. The maximum absolute atomic E-state index is 14.0. The van der Waals surface area contributed by atoms with E-state index >= 15 is 0 Å². The maximum atomic E-state index is 14.0. The minimum atomic E-state index is -0.629. The number of rotatable bonds is 1. The van der Waals surface area contributed by atoms with Crippen molar-refractivity contribution in [3.8, 4) is 0 Å². The van der Waals surface area contributed by atoms with Gasteiger partial charge in [-0.1, -0.05) is 0 Å². The number of fused-ring (bicyclic) bond motifs is 2. The van der Waals surface area contributed by atoms with Gasteiger partial charge in [0.05, 0.1) is 17.8 Å². The van der Waals surface area contributed by atoms with Crippen LogP contribution in [0, 0.1) is 18.6 Å². The molecule has 1 aliphatic rings. The molecule has 2 N–H and O–H groups in total. The van der Waals surface area contributed by atoms with Crippen LogP contribution in [0.2, 0.25) is 0 Å². The lowest BCUT2D eigenvalue weighted by Crippen LogP contribution is -2.41. The molecule has 0 bridgehead atoms. The van der Waals surface area contributed by atoms with Crippen LogP contribution in [0.25, 0.3) is 10.9 Å². The molecule has 0 saturated heterocycles. The molecular weight excluding hydrogens is 338 g/mol. The zero-order valence-electron chi connectivity index (χ0n) is 14.4. The summed E-state index contributed by atoms with van der Waals surface area (Å²) in [5.74, 6) is -1.18. The summed E-state index contributed by atoms with van der Waals surface area (Å²) in [6.07, 6.45) is 2.10. The molecule has 5 nitrogen and oxygen atoms in total. The number of benzene rings is 2. The van der Waals surface area contributed by atoms with Gasteiger partial charge in [0.15, 0.2) is 0 Å². The molecule has 134 valence electrons. The Morgan fingerprint density at radius 2 is 2.12 bits per heavy atom. The highest BCUT2D eigenvalue weighted by Crippen LogP contribution is 2.32. The molecule has 2 amide bonds. The number of halogens is 2. The van der Waals surface area contributed by atoms with Crippen LogP contribution in [-0.4, -0.2) is 27.7 Å². The molecule has 2 aromatic carbocycles. The summed E-state index contributed by atoms with van der Waals surface area (Å²) in [6.45, 7) is 4.09. The van der Waals surface area contributed by atoms with Gasteiger partial charge < -0.3 is 10.2 Å². The number of nitrogens with one attached hydrogen (secondary N) is 2. The summed E-state index contributed by atoms with van der Waals surface area (Å²) < 4.78 is 27.6. The Labute approximate surface area is 149 Å². The Morgan fingerprint density at radius 3 is 2.92 bits per heavy atom. The Morgan fingerprint density at radius 1 is 1.31 bits per heavy atom. The first-order valence-electron chi connectivity index (χ1n) is 8.43.